The Kier molecular flexibility index (Phi) is 4.95. The van der Waals surface area contributed by atoms with Gasteiger partial charge in [-0.3, -0.25) is 0 Å². The second kappa shape index (κ2) is 6.70. The summed E-state index contributed by atoms with van der Waals surface area (Å²) in [4.78, 5) is 8.48. The van der Waals surface area contributed by atoms with Gasteiger partial charge in [0.25, 0.3) is 0 Å². The van der Waals surface area contributed by atoms with Gasteiger partial charge < -0.3 is 10.1 Å². The van der Waals surface area contributed by atoms with Crippen LogP contribution < -0.4 is 10.1 Å². The number of ether oxygens (including phenoxy) is 1. The molecule has 1 heterocycles. The minimum atomic E-state index is 0.508. The van der Waals surface area contributed by atoms with Gasteiger partial charge in [0.2, 0.25) is 11.8 Å². The highest BCUT2D eigenvalue weighted by Crippen LogP contribution is 2.28. The summed E-state index contributed by atoms with van der Waals surface area (Å²) in [7, 11) is 0. The van der Waals surface area contributed by atoms with Crippen LogP contribution in [0.15, 0.2) is 34.9 Å². The molecule has 5 heteroatoms. The van der Waals surface area contributed by atoms with Gasteiger partial charge in [-0.2, -0.15) is 4.98 Å². The summed E-state index contributed by atoms with van der Waals surface area (Å²) in [6, 6.07) is 8.05. The summed E-state index contributed by atoms with van der Waals surface area (Å²) in [5.74, 6) is 2.34. The Morgan fingerprint density at radius 3 is 2.55 bits per heavy atom. The van der Waals surface area contributed by atoms with Crippen molar-refractivity contribution in [2.45, 2.75) is 26.7 Å². The third-order valence-electron chi connectivity index (χ3n) is 2.81. The van der Waals surface area contributed by atoms with Crippen LogP contribution in [0.5, 0.6) is 11.6 Å². The first kappa shape index (κ1) is 14.8. The van der Waals surface area contributed by atoms with Crippen LogP contribution in [0.3, 0.4) is 0 Å². The highest BCUT2D eigenvalue weighted by molar-refractivity contribution is 9.10. The van der Waals surface area contributed by atoms with Crippen molar-refractivity contribution in [2.24, 2.45) is 0 Å². The van der Waals surface area contributed by atoms with Crippen molar-refractivity contribution < 1.29 is 4.74 Å². The summed E-state index contributed by atoms with van der Waals surface area (Å²) >= 11 is 3.40. The second-order valence-corrected chi connectivity index (χ2v) is 5.56. The SMILES string of the molecule is CCNc1ncc(Br)c(Oc2ccc(C(C)C)cc2)n1. The lowest BCUT2D eigenvalue weighted by Crippen LogP contribution is -2.03. The lowest BCUT2D eigenvalue weighted by Gasteiger charge is -2.10. The molecule has 0 unspecified atom stereocenters. The largest absolute Gasteiger partial charge is 0.438 e. The number of benzene rings is 1. The zero-order chi connectivity index (χ0) is 14.5. The number of rotatable bonds is 5. The quantitative estimate of drug-likeness (QED) is 0.868. The van der Waals surface area contributed by atoms with E-state index >= 15 is 0 Å². The second-order valence-electron chi connectivity index (χ2n) is 4.70. The molecule has 0 fully saturated rings. The van der Waals surface area contributed by atoms with Gasteiger partial charge in [-0.15, -0.1) is 0 Å². The average molecular weight is 336 g/mol. The molecule has 20 heavy (non-hydrogen) atoms. The summed E-state index contributed by atoms with van der Waals surface area (Å²) in [5.41, 5.74) is 1.28. The van der Waals surface area contributed by atoms with Crippen molar-refractivity contribution >= 4 is 21.9 Å². The Labute approximate surface area is 127 Å². The zero-order valence-electron chi connectivity index (χ0n) is 11.9. The third kappa shape index (κ3) is 3.70. The van der Waals surface area contributed by atoms with Crippen LogP contribution in [-0.2, 0) is 0 Å². The maximum Gasteiger partial charge on any atom is 0.238 e. The molecule has 0 radical (unpaired) electrons. The van der Waals surface area contributed by atoms with Crippen LogP contribution in [0.4, 0.5) is 5.95 Å². The molecule has 0 aliphatic carbocycles. The predicted molar refractivity (Wildman–Crippen MR) is 84.5 cm³/mol. The smallest absolute Gasteiger partial charge is 0.238 e. The first-order chi connectivity index (χ1) is 9.60. The van der Waals surface area contributed by atoms with Crippen LogP contribution in [0.25, 0.3) is 0 Å². The van der Waals surface area contributed by atoms with Gasteiger partial charge in [-0.25, -0.2) is 4.98 Å². The minimum Gasteiger partial charge on any atom is -0.438 e. The van der Waals surface area contributed by atoms with Crippen LogP contribution >= 0.6 is 15.9 Å². The van der Waals surface area contributed by atoms with E-state index in [9.17, 15) is 0 Å². The van der Waals surface area contributed by atoms with Crippen molar-refractivity contribution in [3.05, 3.63) is 40.5 Å². The van der Waals surface area contributed by atoms with Crippen LogP contribution in [0, 0.1) is 0 Å². The molecule has 0 amide bonds. The Morgan fingerprint density at radius 1 is 1.25 bits per heavy atom. The van der Waals surface area contributed by atoms with Gasteiger partial charge in [-0.05, 0) is 46.5 Å². The minimum absolute atomic E-state index is 0.508. The van der Waals surface area contributed by atoms with E-state index in [2.05, 4.69) is 57.2 Å². The zero-order valence-corrected chi connectivity index (χ0v) is 13.4. The number of halogens is 1. The van der Waals surface area contributed by atoms with Gasteiger partial charge >= 0.3 is 0 Å². The normalized spacial score (nSPS) is 10.7. The molecule has 0 aliphatic rings. The molecule has 2 rings (SSSR count). The van der Waals surface area contributed by atoms with Gasteiger partial charge in [0.05, 0.1) is 10.7 Å². The highest BCUT2D eigenvalue weighted by atomic mass is 79.9. The van der Waals surface area contributed by atoms with Crippen LogP contribution in [0.2, 0.25) is 0 Å². The lowest BCUT2D eigenvalue weighted by molar-refractivity contribution is 0.458. The van der Waals surface area contributed by atoms with Crippen LogP contribution in [0.1, 0.15) is 32.3 Å². The van der Waals surface area contributed by atoms with E-state index in [1.54, 1.807) is 6.20 Å². The summed E-state index contributed by atoms with van der Waals surface area (Å²) < 4.78 is 6.52. The van der Waals surface area contributed by atoms with E-state index < -0.39 is 0 Å². The molecule has 0 saturated carbocycles. The molecule has 0 spiro atoms. The number of anilines is 1. The standard InChI is InChI=1S/C15H18BrN3O/c1-4-17-15-18-9-13(16)14(19-15)20-12-7-5-11(6-8-12)10(2)3/h5-10H,4H2,1-3H3,(H,17,18,19). The van der Waals surface area contributed by atoms with E-state index in [0.717, 1.165) is 16.8 Å². The molecular formula is C15H18BrN3O. The fourth-order valence-corrected chi connectivity index (χ4v) is 1.97. The molecule has 2 aromatic rings. The molecule has 0 bridgehead atoms. The van der Waals surface area contributed by atoms with Crippen molar-refractivity contribution in [2.75, 3.05) is 11.9 Å². The van der Waals surface area contributed by atoms with Crippen molar-refractivity contribution in [1.29, 1.82) is 0 Å². The Morgan fingerprint density at radius 2 is 1.95 bits per heavy atom. The van der Waals surface area contributed by atoms with Crippen LogP contribution in [-0.4, -0.2) is 16.5 Å². The number of nitrogens with zero attached hydrogens (tertiary/aromatic N) is 2. The first-order valence-corrected chi connectivity index (χ1v) is 7.43. The molecule has 4 nitrogen and oxygen atoms in total. The molecule has 0 aliphatic heterocycles. The molecule has 1 aromatic carbocycles. The molecule has 106 valence electrons. The maximum atomic E-state index is 5.79. The average Bonchev–Trinajstić information content (AvgIpc) is 2.43. The predicted octanol–water partition coefficient (Wildman–Crippen LogP) is 4.59. The lowest BCUT2D eigenvalue weighted by atomic mass is 10.0. The molecule has 0 saturated heterocycles. The Balaban J connectivity index is 2.18. The fourth-order valence-electron chi connectivity index (χ4n) is 1.70. The monoisotopic (exact) mass is 335 g/mol. The van der Waals surface area contributed by atoms with Crippen molar-refractivity contribution in [3.8, 4) is 11.6 Å². The summed E-state index contributed by atoms with van der Waals surface area (Å²) in [5, 5.41) is 3.06. The first-order valence-electron chi connectivity index (χ1n) is 6.64. The Hall–Kier alpha value is -1.62. The van der Waals surface area contributed by atoms with E-state index in [4.69, 9.17) is 4.74 Å². The fraction of sp³-hybridized carbons (Fsp3) is 0.333. The summed E-state index contributed by atoms with van der Waals surface area (Å²) in [6.45, 7) is 7.10. The maximum absolute atomic E-state index is 5.79. The summed E-state index contributed by atoms with van der Waals surface area (Å²) in [6.07, 6.45) is 1.68. The van der Waals surface area contributed by atoms with Gasteiger partial charge in [0.15, 0.2) is 0 Å². The van der Waals surface area contributed by atoms with Gasteiger partial charge in [-0.1, -0.05) is 26.0 Å². The Bertz CT molecular complexity index is 570. The third-order valence-corrected chi connectivity index (χ3v) is 3.35. The molecular weight excluding hydrogens is 318 g/mol. The number of hydrogen-bond acceptors (Lipinski definition) is 4. The number of aromatic nitrogens is 2. The number of nitrogens with one attached hydrogen (secondary N) is 1. The molecule has 1 aromatic heterocycles. The molecule has 1 N–H and O–H groups in total. The van der Waals surface area contributed by atoms with Gasteiger partial charge in [0, 0.05) is 6.54 Å². The van der Waals surface area contributed by atoms with E-state index in [0.29, 0.717) is 17.7 Å². The van der Waals surface area contributed by atoms with Crippen molar-refractivity contribution in [1.82, 2.24) is 9.97 Å². The van der Waals surface area contributed by atoms with E-state index in [-0.39, 0.29) is 0 Å². The topological polar surface area (TPSA) is 47.0 Å². The van der Waals surface area contributed by atoms with E-state index in [1.165, 1.54) is 5.56 Å². The van der Waals surface area contributed by atoms with Gasteiger partial charge in [0.1, 0.15) is 5.75 Å². The van der Waals surface area contributed by atoms with E-state index in [1.807, 2.05) is 19.1 Å². The number of hydrogen-bond donors (Lipinski definition) is 1. The van der Waals surface area contributed by atoms with Crippen molar-refractivity contribution in [3.63, 3.8) is 0 Å². The highest BCUT2D eigenvalue weighted by Gasteiger charge is 2.08. The molecule has 0 atom stereocenters.